The molecule has 2 aliphatic rings. The van der Waals surface area contributed by atoms with E-state index < -0.39 is 0 Å². The SMILES string of the molecule is OCCN1CCCN(CC2Cc3cc(Br)ccc3O2)CC1. The number of rotatable bonds is 4. The minimum Gasteiger partial charge on any atom is -0.488 e. The van der Waals surface area contributed by atoms with E-state index in [1.54, 1.807) is 0 Å². The summed E-state index contributed by atoms with van der Waals surface area (Å²) in [6.07, 6.45) is 2.45. The fourth-order valence-corrected chi connectivity index (χ4v) is 3.66. The summed E-state index contributed by atoms with van der Waals surface area (Å²) in [6, 6.07) is 6.27. The number of β-amino-alcohol motifs (C(OH)–C–C–N with tert-alkyl or cyclic N) is 1. The van der Waals surface area contributed by atoms with Crippen LogP contribution in [-0.4, -0.2) is 66.9 Å². The summed E-state index contributed by atoms with van der Waals surface area (Å²) in [6.45, 7) is 6.39. The molecule has 2 aliphatic heterocycles. The van der Waals surface area contributed by atoms with E-state index in [4.69, 9.17) is 9.84 Å². The molecule has 4 nitrogen and oxygen atoms in total. The van der Waals surface area contributed by atoms with Crippen molar-refractivity contribution in [3.63, 3.8) is 0 Å². The van der Waals surface area contributed by atoms with Gasteiger partial charge in [-0.2, -0.15) is 0 Å². The Morgan fingerprint density at radius 1 is 1.19 bits per heavy atom. The molecule has 0 aliphatic carbocycles. The maximum absolute atomic E-state index is 9.05. The van der Waals surface area contributed by atoms with Crippen LogP contribution in [-0.2, 0) is 6.42 Å². The van der Waals surface area contributed by atoms with Gasteiger partial charge in [0.05, 0.1) is 6.61 Å². The normalized spacial score (nSPS) is 23.6. The van der Waals surface area contributed by atoms with Gasteiger partial charge in [-0.25, -0.2) is 0 Å². The van der Waals surface area contributed by atoms with Gasteiger partial charge < -0.3 is 9.84 Å². The molecule has 1 aromatic carbocycles. The lowest BCUT2D eigenvalue weighted by atomic mass is 10.1. The Kier molecular flexibility index (Phi) is 5.16. The molecule has 1 atom stereocenters. The van der Waals surface area contributed by atoms with E-state index in [-0.39, 0.29) is 12.7 Å². The van der Waals surface area contributed by atoms with Crippen molar-refractivity contribution in [1.82, 2.24) is 9.80 Å². The third-order valence-corrected chi connectivity index (χ3v) is 4.82. The van der Waals surface area contributed by atoms with Crippen molar-refractivity contribution in [1.29, 1.82) is 0 Å². The number of fused-ring (bicyclic) bond motifs is 1. The Morgan fingerprint density at radius 2 is 2.00 bits per heavy atom. The monoisotopic (exact) mass is 354 g/mol. The summed E-state index contributed by atoms with van der Waals surface area (Å²) in [7, 11) is 0. The zero-order valence-electron chi connectivity index (χ0n) is 12.3. The number of aliphatic hydroxyl groups excluding tert-OH is 1. The lowest BCUT2D eigenvalue weighted by Gasteiger charge is -2.24. The van der Waals surface area contributed by atoms with E-state index in [1.807, 2.05) is 6.07 Å². The second kappa shape index (κ2) is 7.09. The highest BCUT2D eigenvalue weighted by atomic mass is 79.9. The van der Waals surface area contributed by atoms with Crippen LogP contribution in [0.5, 0.6) is 5.75 Å². The zero-order chi connectivity index (χ0) is 14.7. The summed E-state index contributed by atoms with van der Waals surface area (Å²) >= 11 is 3.52. The van der Waals surface area contributed by atoms with Crippen LogP contribution in [0.1, 0.15) is 12.0 Å². The van der Waals surface area contributed by atoms with Gasteiger partial charge in [-0.3, -0.25) is 9.80 Å². The molecule has 1 fully saturated rings. The molecule has 0 amide bonds. The summed E-state index contributed by atoms with van der Waals surface area (Å²) < 4.78 is 7.19. The molecule has 0 spiro atoms. The third kappa shape index (κ3) is 3.97. The number of nitrogens with zero attached hydrogens (tertiary/aromatic N) is 2. The van der Waals surface area contributed by atoms with E-state index >= 15 is 0 Å². The van der Waals surface area contributed by atoms with Gasteiger partial charge in [0.15, 0.2) is 0 Å². The molecule has 1 unspecified atom stereocenters. The predicted molar refractivity (Wildman–Crippen MR) is 86.8 cm³/mol. The minimum absolute atomic E-state index is 0.260. The van der Waals surface area contributed by atoms with Crippen LogP contribution in [0.4, 0.5) is 0 Å². The van der Waals surface area contributed by atoms with Crippen molar-refractivity contribution in [3.05, 3.63) is 28.2 Å². The highest BCUT2D eigenvalue weighted by molar-refractivity contribution is 9.10. The number of aliphatic hydroxyl groups is 1. The summed E-state index contributed by atoms with van der Waals surface area (Å²) in [5.74, 6) is 1.04. The lowest BCUT2D eigenvalue weighted by molar-refractivity contribution is 0.149. The van der Waals surface area contributed by atoms with Crippen LogP contribution < -0.4 is 4.74 Å². The van der Waals surface area contributed by atoms with E-state index in [2.05, 4.69) is 37.9 Å². The summed E-state index contributed by atoms with van der Waals surface area (Å²) in [5, 5.41) is 9.05. The zero-order valence-corrected chi connectivity index (χ0v) is 13.9. The van der Waals surface area contributed by atoms with Gasteiger partial charge in [0.25, 0.3) is 0 Å². The molecule has 5 heteroatoms. The number of hydrogen-bond donors (Lipinski definition) is 1. The van der Waals surface area contributed by atoms with Crippen LogP contribution in [0.3, 0.4) is 0 Å². The van der Waals surface area contributed by atoms with Crippen LogP contribution in [0.15, 0.2) is 22.7 Å². The number of halogens is 1. The number of benzene rings is 1. The average Bonchev–Trinajstić information content (AvgIpc) is 2.72. The second-order valence-corrected chi connectivity index (χ2v) is 6.83. The molecule has 1 N–H and O–H groups in total. The predicted octanol–water partition coefficient (Wildman–Crippen LogP) is 1.75. The van der Waals surface area contributed by atoms with Gasteiger partial charge in [0.1, 0.15) is 11.9 Å². The van der Waals surface area contributed by atoms with E-state index in [0.717, 1.165) is 55.9 Å². The van der Waals surface area contributed by atoms with Crippen LogP contribution in [0, 0.1) is 0 Å². The Morgan fingerprint density at radius 3 is 2.86 bits per heavy atom. The van der Waals surface area contributed by atoms with Crippen molar-refractivity contribution < 1.29 is 9.84 Å². The van der Waals surface area contributed by atoms with Crippen LogP contribution >= 0.6 is 15.9 Å². The first-order chi connectivity index (χ1) is 10.2. The maximum atomic E-state index is 9.05. The molecule has 1 saturated heterocycles. The van der Waals surface area contributed by atoms with Crippen molar-refractivity contribution in [2.24, 2.45) is 0 Å². The average molecular weight is 355 g/mol. The summed E-state index contributed by atoms with van der Waals surface area (Å²) in [5.41, 5.74) is 1.31. The van der Waals surface area contributed by atoms with Crippen molar-refractivity contribution in [3.8, 4) is 5.75 Å². The Labute approximate surface area is 134 Å². The van der Waals surface area contributed by atoms with Gasteiger partial charge in [-0.05, 0) is 43.3 Å². The van der Waals surface area contributed by atoms with E-state index in [0.29, 0.717) is 0 Å². The quantitative estimate of drug-likeness (QED) is 0.893. The van der Waals surface area contributed by atoms with Crippen LogP contribution in [0.2, 0.25) is 0 Å². The first-order valence-electron chi connectivity index (χ1n) is 7.75. The molecule has 21 heavy (non-hydrogen) atoms. The molecule has 0 bridgehead atoms. The fraction of sp³-hybridized carbons (Fsp3) is 0.625. The van der Waals surface area contributed by atoms with Crippen molar-refractivity contribution in [2.45, 2.75) is 18.9 Å². The minimum atomic E-state index is 0.260. The fourth-order valence-electron chi connectivity index (χ4n) is 3.25. The highest BCUT2D eigenvalue weighted by Gasteiger charge is 2.26. The van der Waals surface area contributed by atoms with Gasteiger partial charge in [-0.1, -0.05) is 15.9 Å². The third-order valence-electron chi connectivity index (χ3n) is 4.32. The van der Waals surface area contributed by atoms with Gasteiger partial charge in [-0.15, -0.1) is 0 Å². The molecule has 2 heterocycles. The topological polar surface area (TPSA) is 35.9 Å². The number of hydrogen-bond acceptors (Lipinski definition) is 4. The first-order valence-corrected chi connectivity index (χ1v) is 8.54. The summed E-state index contributed by atoms with van der Waals surface area (Å²) in [4.78, 5) is 4.85. The molecule has 0 aromatic heterocycles. The molecule has 3 rings (SSSR count). The van der Waals surface area contributed by atoms with Crippen molar-refractivity contribution >= 4 is 15.9 Å². The second-order valence-electron chi connectivity index (χ2n) is 5.92. The van der Waals surface area contributed by atoms with Gasteiger partial charge >= 0.3 is 0 Å². The Bertz CT molecular complexity index is 483. The first kappa shape index (κ1) is 15.3. The molecular weight excluding hydrogens is 332 g/mol. The molecule has 0 saturated carbocycles. The largest absolute Gasteiger partial charge is 0.488 e. The molecule has 116 valence electrons. The molecule has 1 aromatic rings. The standard InChI is InChI=1S/C16H23BrN2O2/c17-14-2-3-16-13(10-14)11-15(21-16)12-19-5-1-4-18(6-7-19)8-9-20/h2-3,10,15,20H,1,4-9,11-12H2. The molecular formula is C16H23BrN2O2. The van der Waals surface area contributed by atoms with Gasteiger partial charge in [0.2, 0.25) is 0 Å². The highest BCUT2D eigenvalue weighted by Crippen LogP contribution is 2.31. The maximum Gasteiger partial charge on any atom is 0.123 e. The van der Waals surface area contributed by atoms with Gasteiger partial charge in [0, 0.05) is 37.1 Å². The van der Waals surface area contributed by atoms with Crippen molar-refractivity contribution in [2.75, 3.05) is 45.9 Å². The Hall–Kier alpha value is -0.620. The van der Waals surface area contributed by atoms with E-state index in [9.17, 15) is 0 Å². The number of ether oxygens (including phenoxy) is 1. The van der Waals surface area contributed by atoms with E-state index in [1.165, 1.54) is 12.0 Å². The molecule has 0 radical (unpaired) electrons. The Balaban J connectivity index is 1.52. The lowest BCUT2D eigenvalue weighted by Crippen LogP contribution is -2.38. The smallest absolute Gasteiger partial charge is 0.123 e. The van der Waals surface area contributed by atoms with Crippen LogP contribution in [0.25, 0.3) is 0 Å².